The molecule has 0 aliphatic carbocycles. The molecule has 5 aromatic rings. The van der Waals surface area contributed by atoms with Crippen LogP contribution >= 0.6 is 46.4 Å². The summed E-state index contributed by atoms with van der Waals surface area (Å²) >= 11 is 25.7. The van der Waals surface area contributed by atoms with E-state index >= 15 is 0 Å². The summed E-state index contributed by atoms with van der Waals surface area (Å²) in [7, 11) is 0. The van der Waals surface area contributed by atoms with Crippen molar-refractivity contribution in [2.24, 2.45) is 0 Å². The first-order valence-electron chi connectivity index (χ1n) is 17.4. The summed E-state index contributed by atoms with van der Waals surface area (Å²) in [5.74, 6) is -0.393. The zero-order valence-corrected chi connectivity index (χ0v) is 32.6. The third-order valence-corrected chi connectivity index (χ3v) is 10.9. The van der Waals surface area contributed by atoms with E-state index in [1.54, 1.807) is 36.4 Å². The molecule has 8 nitrogen and oxygen atoms in total. The number of rotatable bonds is 8. The Morgan fingerprint density at radius 3 is 1.63 bits per heavy atom. The van der Waals surface area contributed by atoms with Crippen molar-refractivity contribution in [3.63, 3.8) is 0 Å². The number of imide groups is 1. The molecular formula is C42H38Cl4N4O4. The molecule has 12 heteroatoms. The van der Waals surface area contributed by atoms with Crippen LogP contribution in [0.4, 0.5) is 4.79 Å². The molecule has 4 atom stereocenters. The summed E-state index contributed by atoms with van der Waals surface area (Å²) in [5, 5.41) is 4.85. The van der Waals surface area contributed by atoms with E-state index in [0.717, 1.165) is 27.2 Å². The molecule has 1 N–H and O–H groups in total. The van der Waals surface area contributed by atoms with Gasteiger partial charge in [0, 0.05) is 43.3 Å². The van der Waals surface area contributed by atoms with Gasteiger partial charge in [-0.25, -0.2) is 9.69 Å². The van der Waals surface area contributed by atoms with Gasteiger partial charge in [-0.05, 0) is 54.8 Å². The first-order valence-corrected chi connectivity index (χ1v) is 18.9. The van der Waals surface area contributed by atoms with Crippen molar-refractivity contribution >= 4 is 64.3 Å². The molecule has 5 aromatic carbocycles. The fourth-order valence-electron chi connectivity index (χ4n) is 6.75. The second-order valence-electron chi connectivity index (χ2n) is 12.9. The van der Waals surface area contributed by atoms with Crippen molar-refractivity contribution in [2.75, 3.05) is 13.1 Å². The zero-order chi connectivity index (χ0) is 38.4. The Morgan fingerprint density at radius 1 is 0.648 bits per heavy atom. The van der Waals surface area contributed by atoms with Gasteiger partial charge in [-0.15, -0.1) is 0 Å². The number of carbonyl (C=O) groups excluding carboxylic acids is 3. The van der Waals surface area contributed by atoms with Gasteiger partial charge in [0.2, 0.25) is 11.8 Å². The van der Waals surface area contributed by atoms with Crippen LogP contribution < -0.4 is 5.32 Å². The summed E-state index contributed by atoms with van der Waals surface area (Å²) in [6.45, 7) is 4.47. The molecule has 0 bridgehead atoms. The Kier molecular flexibility index (Phi) is 13.0. The van der Waals surface area contributed by atoms with E-state index in [2.05, 4.69) is 29.3 Å². The molecule has 2 aliphatic rings. The number of halogens is 4. The van der Waals surface area contributed by atoms with Crippen molar-refractivity contribution < 1.29 is 19.1 Å². The smallest absolute Gasteiger partial charge is 0.418 e. The van der Waals surface area contributed by atoms with Gasteiger partial charge in [-0.1, -0.05) is 150 Å². The minimum atomic E-state index is -0.790. The van der Waals surface area contributed by atoms with Crippen molar-refractivity contribution in [2.45, 2.75) is 44.9 Å². The van der Waals surface area contributed by atoms with Crippen LogP contribution in [-0.4, -0.2) is 45.7 Å². The summed E-state index contributed by atoms with van der Waals surface area (Å²) in [5.41, 5.74) is 4.23. The molecule has 2 heterocycles. The highest BCUT2D eigenvalue weighted by Gasteiger charge is 2.47. The molecule has 7 rings (SSSR count). The number of hydrogen-bond acceptors (Lipinski definition) is 6. The van der Waals surface area contributed by atoms with Crippen molar-refractivity contribution in [1.29, 1.82) is 0 Å². The summed E-state index contributed by atoms with van der Waals surface area (Å²) in [6, 6.07) is 39.6. The van der Waals surface area contributed by atoms with Gasteiger partial charge in [-0.2, -0.15) is 0 Å². The van der Waals surface area contributed by atoms with Crippen molar-refractivity contribution in [3.05, 3.63) is 175 Å². The van der Waals surface area contributed by atoms with Gasteiger partial charge < -0.3 is 10.1 Å². The molecule has 2 fully saturated rings. The fourth-order valence-corrected chi connectivity index (χ4v) is 7.95. The van der Waals surface area contributed by atoms with Crippen LogP contribution in [0.5, 0.6) is 0 Å². The van der Waals surface area contributed by atoms with E-state index in [-0.39, 0.29) is 43.2 Å². The lowest BCUT2D eigenvalue weighted by Crippen LogP contribution is -2.38. The van der Waals surface area contributed by atoms with E-state index in [4.69, 9.17) is 51.1 Å². The maximum absolute atomic E-state index is 13.1. The van der Waals surface area contributed by atoms with Gasteiger partial charge in [0.05, 0.1) is 13.1 Å². The number of nitrogens with one attached hydrogen (secondary N) is 1. The number of ether oxygens (including phenoxy) is 1. The molecule has 0 spiro atoms. The number of nitrogens with zero attached hydrogens (tertiary/aromatic N) is 3. The van der Waals surface area contributed by atoms with Crippen LogP contribution in [0.3, 0.4) is 0 Å². The Bertz CT molecular complexity index is 2050. The first-order chi connectivity index (χ1) is 26.0. The molecule has 0 radical (unpaired) electrons. The van der Waals surface area contributed by atoms with Crippen molar-refractivity contribution in [3.8, 4) is 0 Å². The lowest BCUT2D eigenvalue weighted by molar-refractivity contribution is -0.126. The highest BCUT2D eigenvalue weighted by atomic mass is 35.5. The predicted octanol–water partition coefficient (Wildman–Crippen LogP) is 10.4. The quantitative estimate of drug-likeness (QED) is 0.168. The standard InChI is InChI=1S/C25H22Cl2N2O3.C17H16Cl2N2O/c1-17(19-11-6-3-7-12-19)28-15-22(30)29(24(28)23-20(26)13-8-14-21(23)27)25(31)32-16-18-9-4-2-5-10-18;1-11(12-6-3-2-4-7-12)21-10-15(22)20-17(21)16-13(18)8-5-9-14(16)19/h2-14,17,24H,15-16H2,1H3;2-9,11,17H,10H2,1H3,(H,20,22)/t17-,24-;11-,17+/m11/s1. The molecule has 0 aromatic heterocycles. The lowest BCUT2D eigenvalue weighted by Gasteiger charge is -2.33. The SMILES string of the molecule is C[C@H](c1ccccc1)N1CC(=O)N(C(=O)OCc2ccccc2)[C@@H]1c1c(Cl)cccc1Cl.C[C@H](c1ccccc1)N1CC(=O)N[C@@H]1c1c(Cl)cccc1Cl. The Hall–Kier alpha value is -4.41. The second kappa shape index (κ2) is 17.8. The Balaban J connectivity index is 0.000000197. The number of benzene rings is 5. The molecule has 2 aliphatic heterocycles. The third-order valence-electron chi connectivity index (χ3n) is 9.59. The summed E-state index contributed by atoms with van der Waals surface area (Å²) in [4.78, 5) is 43.2. The van der Waals surface area contributed by atoms with Gasteiger partial charge in [-0.3, -0.25) is 19.4 Å². The van der Waals surface area contributed by atoms with Gasteiger partial charge in [0.25, 0.3) is 0 Å². The van der Waals surface area contributed by atoms with E-state index < -0.39 is 12.3 Å². The zero-order valence-electron chi connectivity index (χ0n) is 29.5. The van der Waals surface area contributed by atoms with Gasteiger partial charge in [0.15, 0.2) is 0 Å². The van der Waals surface area contributed by atoms with Crippen LogP contribution in [0.25, 0.3) is 0 Å². The van der Waals surface area contributed by atoms with E-state index in [1.165, 1.54) is 0 Å². The molecule has 3 amide bonds. The molecule has 278 valence electrons. The van der Waals surface area contributed by atoms with Crippen molar-refractivity contribution in [1.82, 2.24) is 20.0 Å². The van der Waals surface area contributed by atoms with Crippen LogP contribution in [0.2, 0.25) is 20.1 Å². The lowest BCUT2D eigenvalue weighted by atomic mass is 10.0. The molecule has 0 saturated carbocycles. The predicted molar refractivity (Wildman–Crippen MR) is 213 cm³/mol. The normalized spacial score (nSPS) is 18.4. The maximum Gasteiger partial charge on any atom is 0.418 e. The molecular weight excluding hydrogens is 766 g/mol. The maximum atomic E-state index is 13.1. The second-order valence-corrected chi connectivity index (χ2v) is 14.6. The monoisotopic (exact) mass is 802 g/mol. The Labute approximate surface area is 335 Å². The number of carbonyl (C=O) groups is 3. The molecule has 0 unspecified atom stereocenters. The molecule has 2 saturated heterocycles. The summed E-state index contributed by atoms with van der Waals surface area (Å²) in [6.07, 6.45) is -1.84. The van der Waals surface area contributed by atoms with Gasteiger partial charge in [0.1, 0.15) is 18.9 Å². The van der Waals surface area contributed by atoms with Gasteiger partial charge >= 0.3 is 6.09 Å². The number of amides is 3. The minimum Gasteiger partial charge on any atom is -0.444 e. The first kappa shape index (κ1) is 39.3. The summed E-state index contributed by atoms with van der Waals surface area (Å²) < 4.78 is 5.50. The van der Waals surface area contributed by atoms with Crippen LogP contribution in [0.1, 0.15) is 66.1 Å². The highest BCUT2D eigenvalue weighted by Crippen LogP contribution is 2.43. The van der Waals surface area contributed by atoms with Crippen LogP contribution in [-0.2, 0) is 20.9 Å². The van der Waals surface area contributed by atoms with E-state index in [0.29, 0.717) is 32.2 Å². The fraction of sp³-hybridized carbons (Fsp3) is 0.214. The largest absolute Gasteiger partial charge is 0.444 e. The minimum absolute atomic E-state index is 0.0243. The number of hydrogen-bond donors (Lipinski definition) is 1. The van der Waals surface area contributed by atoms with E-state index in [1.807, 2.05) is 90.7 Å². The van der Waals surface area contributed by atoms with Crippen LogP contribution in [0, 0.1) is 0 Å². The highest BCUT2D eigenvalue weighted by molar-refractivity contribution is 6.36. The van der Waals surface area contributed by atoms with Crippen LogP contribution in [0.15, 0.2) is 127 Å². The average molecular weight is 805 g/mol. The average Bonchev–Trinajstić information content (AvgIpc) is 3.73. The van der Waals surface area contributed by atoms with E-state index in [9.17, 15) is 14.4 Å². The Morgan fingerprint density at radius 2 is 1.11 bits per heavy atom. The topological polar surface area (TPSA) is 82.2 Å². The molecule has 54 heavy (non-hydrogen) atoms. The third kappa shape index (κ3) is 8.76.